The Balaban J connectivity index is 2.03. The second-order valence-electron chi connectivity index (χ2n) is 5.55. The van der Waals surface area contributed by atoms with E-state index in [0.29, 0.717) is 5.69 Å². The number of nitro benzene ring substituents is 1. The average Bonchev–Trinajstić information content (AvgIpc) is 2.69. The molecule has 2 rings (SSSR count). The maximum absolute atomic E-state index is 11.9. The summed E-state index contributed by atoms with van der Waals surface area (Å²) in [7, 11) is 1.23. The molecule has 2 amide bonds. The molecule has 0 aliphatic carbocycles. The van der Waals surface area contributed by atoms with Crippen LogP contribution in [0.4, 0.5) is 11.4 Å². The zero-order valence-electron chi connectivity index (χ0n) is 15.1. The second-order valence-corrected chi connectivity index (χ2v) is 5.55. The molecule has 0 bridgehead atoms. The summed E-state index contributed by atoms with van der Waals surface area (Å²) in [6.07, 6.45) is 1.93. The third-order valence-corrected chi connectivity index (χ3v) is 3.70. The van der Waals surface area contributed by atoms with Gasteiger partial charge in [-0.25, -0.2) is 5.43 Å². The number of benzene rings is 2. The van der Waals surface area contributed by atoms with Crippen LogP contribution in [0.5, 0.6) is 11.5 Å². The number of amides is 2. The van der Waals surface area contributed by atoms with Gasteiger partial charge in [-0.1, -0.05) is 19.1 Å². The third-order valence-electron chi connectivity index (χ3n) is 3.70. The quantitative estimate of drug-likeness (QED) is 0.300. The molecule has 0 radical (unpaired) electrons. The Bertz CT molecular complexity index is 924. The summed E-state index contributed by atoms with van der Waals surface area (Å²) < 4.78 is 4.86. The highest BCUT2D eigenvalue weighted by Gasteiger charge is 2.19. The van der Waals surface area contributed by atoms with Crippen LogP contribution in [0.1, 0.15) is 18.1 Å². The number of rotatable bonds is 6. The van der Waals surface area contributed by atoms with Crippen LogP contribution < -0.4 is 15.5 Å². The summed E-state index contributed by atoms with van der Waals surface area (Å²) in [6, 6.07) is 9.34. The fourth-order valence-corrected chi connectivity index (χ4v) is 2.21. The summed E-state index contributed by atoms with van der Waals surface area (Å²) in [5.74, 6) is -2.69. The highest BCUT2D eigenvalue weighted by Crippen LogP contribution is 2.36. The lowest BCUT2D eigenvalue weighted by atomic mass is 10.1. The first-order valence-corrected chi connectivity index (χ1v) is 8.14. The van der Waals surface area contributed by atoms with E-state index in [-0.39, 0.29) is 11.3 Å². The fourth-order valence-electron chi connectivity index (χ4n) is 2.21. The van der Waals surface area contributed by atoms with Crippen LogP contribution in [0.2, 0.25) is 0 Å². The van der Waals surface area contributed by atoms with Gasteiger partial charge in [0.2, 0.25) is 5.75 Å². The normalized spacial score (nSPS) is 10.5. The fraction of sp³-hybridized carbons (Fsp3) is 0.167. The summed E-state index contributed by atoms with van der Waals surface area (Å²) in [5.41, 5.74) is 3.16. The van der Waals surface area contributed by atoms with Gasteiger partial charge in [0.05, 0.1) is 18.2 Å². The van der Waals surface area contributed by atoms with Crippen molar-refractivity contribution in [1.82, 2.24) is 5.43 Å². The summed E-state index contributed by atoms with van der Waals surface area (Å²) in [5, 5.41) is 26.7. The number of nitrogens with zero attached hydrogens (tertiary/aromatic N) is 2. The van der Waals surface area contributed by atoms with Crippen molar-refractivity contribution in [3.8, 4) is 11.5 Å². The number of hydrogen-bond donors (Lipinski definition) is 3. The highest BCUT2D eigenvalue weighted by molar-refractivity contribution is 6.39. The van der Waals surface area contributed by atoms with Crippen LogP contribution in [0.3, 0.4) is 0 Å². The van der Waals surface area contributed by atoms with E-state index in [9.17, 15) is 24.8 Å². The van der Waals surface area contributed by atoms with Gasteiger partial charge in [0.25, 0.3) is 0 Å². The zero-order chi connectivity index (χ0) is 20.7. The molecule has 10 nitrogen and oxygen atoms in total. The maximum atomic E-state index is 11.9. The molecule has 0 unspecified atom stereocenters. The monoisotopic (exact) mass is 386 g/mol. The summed E-state index contributed by atoms with van der Waals surface area (Å²) >= 11 is 0. The Labute approximate surface area is 160 Å². The lowest BCUT2D eigenvalue weighted by Crippen LogP contribution is -2.32. The van der Waals surface area contributed by atoms with Crippen molar-refractivity contribution in [2.45, 2.75) is 13.3 Å². The molecule has 146 valence electrons. The predicted octanol–water partition coefficient (Wildman–Crippen LogP) is 1.96. The Morgan fingerprint density at radius 1 is 1.25 bits per heavy atom. The number of phenolic OH excluding ortho intramolecular Hbond substituents is 1. The topological polar surface area (TPSA) is 143 Å². The van der Waals surface area contributed by atoms with Crippen molar-refractivity contribution in [2.75, 3.05) is 12.4 Å². The molecule has 0 aromatic heterocycles. The van der Waals surface area contributed by atoms with Gasteiger partial charge in [-0.05, 0) is 30.2 Å². The van der Waals surface area contributed by atoms with Gasteiger partial charge in [-0.15, -0.1) is 0 Å². The predicted molar refractivity (Wildman–Crippen MR) is 101 cm³/mol. The number of anilines is 1. The number of aryl methyl sites for hydroxylation is 1. The van der Waals surface area contributed by atoms with Gasteiger partial charge >= 0.3 is 17.5 Å². The Hall–Kier alpha value is -3.95. The standard InChI is InChI=1S/C18H18N4O6/c1-3-11-4-6-13(7-5-11)20-17(24)18(25)21-19-10-12-8-14(22(26)27)16(23)15(9-12)28-2/h4-10,23H,3H2,1-2H3,(H,20,24)(H,21,25)/b19-10+. The van der Waals surface area contributed by atoms with E-state index in [1.54, 1.807) is 12.1 Å². The molecule has 0 saturated heterocycles. The minimum Gasteiger partial charge on any atom is -0.500 e. The van der Waals surface area contributed by atoms with Gasteiger partial charge in [0.1, 0.15) is 0 Å². The number of carbonyl (C=O) groups excluding carboxylic acids is 2. The van der Waals surface area contributed by atoms with E-state index in [1.807, 2.05) is 24.5 Å². The highest BCUT2D eigenvalue weighted by atomic mass is 16.6. The zero-order valence-corrected chi connectivity index (χ0v) is 15.1. The first-order chi connectivity index (χ1) is 13.3. The Morgan fingerprint density at radius 3 is 2.50 bits per heavy atom. The van der Waals surface area contributed by atoms with Gasteiger partial charge in [0.15, 0.2) is 5.75 Å². The molecule has 0 fully saturated rings. The number of methoxy groups -OCH3 is 1. The van der Waals surface area contributed by atoms with Gasteiger partial charge in [-0.2, -0.15) is 5.10 Å². The van der Waals surface area contributed by atoms with Crippen LogP contribution in [-0.2, 0) is 16.0 Å². The van der Waals surface area contributed by atoms with Crippen LogP contribution in [0, 0.1) is 10.1 Å². The Kier molecular flexibility index (Phi) is 6.63. The molecule has 0 saturated carbocycles. The minimum atomic E-state index is -1.02. The van der Waals surface area contributed by atoms with E-state index < -0.39 is 28.2 Å². The number of aromatic hydroxyl groups is 1. The third kappa shape index (κ3) is 5.04. The SMILES string of the molecule is CCc1ccc(NC(=O)C(=O)N/N=C/c2cc(OC)c(O)c([N+](=O)[O-])c2)cc1. The largest absolute Gasteiger partial charge is 0.500 e. The molecule has 0 atom stereocenters. The number of hydrazone groups is 1. The second kappa shape index (κ2) is 9.12. The summed E-state index contributed by atoms with van der Waals surface area (Å²) in [4.78, 5) is 33.8. The van der Waals surface area contributed by atoms with Crippen molar-refractivity contribution in [1.29, 1.82) is 0 Å². The van der Waals surface area contributed by atoms with E-state index in [1.165, 1.54) is 13.2 Å². The van der Waals surface area contributed by atoms with Crippen LogP contribution in [-0.4, -0.2) is 35.2 Å². The first-order valence-electron chi connectivity index (χ1n) is 8.14. The van der Waals surface area contributed by atoms with E-state index in [0.717, 1.165) is 24.3 Å². The van der Waals surface area contributed by atoms with E-state index in [4.69, 9.17) is 4.74 Å². The van der Waals surface area contributed by atoms with Gasteiger partial charge in [0, 0.05) is 17.3 Å². The number of nitrogens with one attached hydrogen (secondary N) is 2. The lowest BCUT2D eigenvalue weighted by molar-refractivity contribution is -0.386. The van der Waals surface area contributed by atoms with Gasteiger partial charge in [-0.3, -0.25) is 19.7 Å². The molecule has 10 heteroatoms. The molecule has 3 N–H and O–H groups in total. The molecule has 2 aromatic rings. The summed E-state index contributed by atoms with van der Waals surface area (Å²) in [6.45, 7) is 2.00. The number of ether oxygens (including phenoxy) is 1. The van der Waals surface area contributed by atoms with Crippen LogP contribution >= 0.6 is 0 Å². The molecule has 0 aliphatic heterocycles. The minimum absolute atomic E-state index is 0.129. The molecule has 0 spiro atoms. The van der Waals surface area contributed by atoms with Crippen molar-refractivity contribution < 1.29 is 24.4 Å². The number of carbonyl (C=O) groups is 2. The lowest BCUT2D eigenvalue weighted by Gasteiger charge is -2.06. The molecular formula is C18H18N4O6. The number of nitro groups is 1. The van der Waals surface area contributed by atoms with Gasteiger partial charge < -0.3 is 15.2 Å². The van der Waals surface area contributed by atoms with E-state index in [2.05, 4.69) is 10.4 Å². The van der Waals surface area contributed by atoms with Crippen molar-refractivity contribution in [2.24, 2.45) is 5.10 Å². The Morgan fingerprint density at radius 2 is 1.93 bits per heavy atom. The molecule has 0 aliphatic rings. The van der Waals surface area contributed by atoms with Crippen molar-refractivity contribution >= 4 is 29.4 Å². The van der Waals surface area contributed by atoms with Crippen LogP contribution in [0.25, 0.3) is 0 Å². The smallest absolute Gasteiger partial charge is 0.329 e. The average molecular weight is 386 g/mol. The van der Waals surface area contributed by atoms with Crippen molar-refractivity contribution in [3.05, 3.63) is 57.6 Å². The first kappa shape index (κ1) is 20.4. The number of phenols is 1. The van der Waals surface area contributed by atoms with Crippen molar-refractivity contribution in [3.63, 3.8) is 0 Å². The van der Waals surface area contributed by atoms with E-state index >= 15 is 0 Å². The maximum Gasteiger partial charge on any atom is 0.329 e. The molecule has 0 heterocycles. The number of hydrogen-bond acceptors (Lipinski definition) is 7. The van der Waals surface area contributed by atoms with Crippen LogP contribution in [0.15, 0.2) is 41.5 Å². The molecule has 2 aromatic carbocycles. The molecular weight excluding hydrogens is 368 g/mol. The molecule has 28 heavy (non-hydrogen) atoms.